The van der Waals surface area contributed by atoms with Crippen molar-refractivity contribution in [2.45, 2.75) is 6.92 Å². The molecule has 0 amide bonds. The fraction of sp³-hybridized carbons (Fsp3) is 0.100. The summed E-state index contributed by atoms with van der Waals surface area (Å²) >= 11 is 0. The van der Waals surface area contributed by atoms with Crippen LogP contribution in [0.2, 0.25) is 0 Å². The van der Waals surface area contributed by atoms with E-state index in [0.717, 1.165) is 38.9 Å². The van der Waals surface area contributed by atoms with E-state index < -0.39 is 0 Å². The predicted molar refractivity (Wildman–Crippen MR) is 93.8 cm³/mol. The molecule has 1 aromatic heterocycles. The molecule has 0 bridgehead atoms. The first-order chi connectivity index (χ1) is 11.2. The highest BCUT2D eigenvalue weighted by Gasteiger charge is 2.05. The molecular formula is C20H16N2O. The Hall–Kier alpha value is -2.94. The molecule has 0 aliphatic heterocycles. The number of aromatic nitrogens is 2. The Labute approximate surface area is 134 Å². The largest absolute Gasteiger partial charge is 0.497 e. The summed E-state index contributed by atoms with van der Waals surface area (Å²) in [7, 11) is 1.67. The van der Waals surface area contributed by atoms with E-state index in [2.05, 4.69) is 43.3 Å². The molecule has 0 atom stereocenters. The van der Waals surface area contributed by atoms with Gasteiger partial charge in [0, 0.05) is 0 Å². The molecule has 1 heterocycles. The average molecular weight is 300 g/mol. The molecule has 4 rings (SSSR count). The van der Waals surface area contributed by atoms with Gasteiger partial charge in [0.1, 0.15) is 5.75 Å². The van der Waals surface area contributed by atoms with E-state index in [-0.39, 0.29) is 0 Å². The third-order valence-corrected chi connectivity index (χ3v) is 4.01. The molecule has 0 aliphatic carbocycles. The van der Waals surface area contributed by atoms with Gasteiger partial charge in [0.25, 0.3) is 0 Å². The summed E-state index contributed by atoms with van der Waals surface area (Å²) in [5.74, 6) is 0.857. The first kappa shape index (κ1) is 13.7. The van der Waals surface area contributed by atoms with Gasteiger partial charge in [-0.05, 0) is 60.0 Å². The maximum absolute atomic E-state index is 5.21. The van der Waals surface area contributed by atoms with Crippen molar-refractivity contribution in [2.24, 2.45) is 0 Å². The van der Waals surface area contributed by atoms with Crippen molar-refractivity contribution < 1.29 is 4.74 Å². The van der Waals surface area contributed by atoms with Gasteiger partial charge >= 0.3 is 0 Å². The molecule has 0 aliphatic rings. The van der Waals surface area contributed by atoms with Gasteiger partial charge in [0.05, 0.1) is 29.2 Å². The van der Waals surface area contributed by atoms with Crippen LogP contribution in [0, 0.1) is 6.92 Å². The van der Waals surface area contributed by atoms with Gasteiger partial charge < -0.3 is 4.74 Å². The first-order valence-corrected chi connectivity index (χ1v) is 7.55. The Morgan fingerprint density at radius 1 is 0.652 bits per heavy atom. The first-order valence-electron chi connectivity index (χ1n) is 7.55. The molecule has 0 N–H and O–H groups in total. The zero-order chi connectivity index (χ0) is 15.8. The lowest BCUT2D eigenvalue weighted by Gasteiger charge is -2.06. The van der Waals surface area contributed by atoms with Crippen molar-refractivity contribution in [3.8, 4) is 16.9 Å². The second-order valence-corrected chi connectivity index (χ2v) is 5.65. The van der Waals surface area contributed by atoms with Crippen LogP contribution in [0.3, 0.4) is 0 Å². The minimum Gasteiger partial charge on any atom is -0.497 e. The lowest BCUT2D eigenvalue weighted by Crippen LogP contribution is -1.89. The fourth-order valence-corrected chi connectivity index (χ4v) is 2.75. The van der Waals surface area contributed by atoms with E-state index in [1.54, 1.807) is 7.11 Å². The summed E-state index contributed by atoms with van der Waals surface area (Å²) < 4.78 is 5.21. The molecule has 3 nitrogen and oxygen atoms in total. The van der Waals surface area contributed by atoms with Crippen LogP contribution in [0.4, 0.5) is 0 Å². The minimum atomic E-state index is 0.857. The second kappa shape index (κ2) is 5.36. The number of aryl methyl sites for hydroxylation is 1. The number of ether oxygens (including phenoxy) is 1. The highest BCUT2D eigenvalue weighted by Crippen LogP contribution is 2.26. The zero-order valence-corrected chi connectivity index (χ0v) is 13.1. The number of nitrogens with zero attached hydrogens (tertiary/aromatic N) is 2. The molecule has 23 heavy (non-hydrogen) atoms. The Kier molecular flexibility index (Phi) is 3.19. The molecule has 0 unspecified atom stereocenters. The lowest BCUT2D eigenvalue weighted by molar-refractivity contribution is 0.415. The van der Waals surface area contributed by atoms with Crippen LogP contribution in [0.1, 0.15) is 5.56 Å². The fourth-order valence-electron chi connectivity index (χ4n) is 2.75. The molecule has 0 fully saturated rings. The maximum atomic E-state index is 5.21. The number of methoxy groups -OCH3 is 1. The van der Waals surface area contributed by atoms with E-state index >= 15 is 0 Å². The SMILES string of the molecule is COc1ccc(-c2ccc3nc4cc(C)ccc4nc3c2)cc1. The van der Waals surface area contributed by atoms with Crippen LogP contribution in [-0.2, 0) is 0 Å². The molecule has 0 radical (unpaired) electrons. The number of hydrogen-bond acceptors (Lipinski definition) is 3. The van der Waals surface area contributed by atoms with E-state index in [0.29, 0.717) is 0 Å². The monoisotopic (exact) mass is 300 g/mol. The van der Waals surface area contributed by atoms with Crippen molar-refractivity contribution in [1.82, 2.24) is 9.97 Å². The standard InChI is InChI=1S/C20H16N2O/c1-13-3-9-17-19(11-13)21-18-10-6-15(12-20(18)22-17)14-4-7-16(23-2)8-5-14/h3-12H,1-2H3. The Morgan fingerprint density at radius 2 is 1.26 bits per heavy atom. The van der Waals surface area contributed by atoms with Gasteiger partial charge in [-0.1, -0.05) is 24.3 Å². The molecule has 0 saturated heterocycles. The van der Waals surface area contributed by atoms with Crippen molar-refractivity contribution in [2.75, 3.05) is 7.11 Å². The van der Waals surface area contributed by atoms with E-state index in [4.69, 9.17) is 14.7 Å². The number of hydrogen-bond donors (Lipinski definition) is 0. The summed E-state index contributed by atoms with van der Waals surface area (Å²) in [4.78, 5) is 9.47. The number of rotatable bonds is 2. The van der Waals surface area contributed by atoms with Gasteiger partial charge in [0.15, 0.2) is 0 Å². The molecular weight excluding hydrogens is 284 g/mol. The van der Waals surface area contributed by atoms with E-state index in [1.807, 2.05) is 24.3 Å². The van der Waals surface area contributed by atoms with Crippen LogP contribution in [0.15, 0.2) is 60.7 Å². The van der Waals surface area contributed by atoms with E-state index in [9.17, 15) is 0 Å². The van der Waals surface area contributed by atoms with Crippen LogP contribution < -0.4 is 4.74 Å². The third kappa shape index (κ3) is 2.50. The van der Waals surface area contributed by atoms with Gasteiger partial charge in [-0.15, -0.1) is 0 Å². The van der Waals surface area contributed by atoms with Gasteiger partial charge in [-0.3, -0.25) is 0 Å². The summed E-state index contributed by atoms with van der Waals surface area (Å²) in [5.41, 5.74) is 7.15. The summed E-state index contributed by atoms with van der Waals surface area (Å²) in [6.07, 6.45) is 0. The Balaban J connectivity index is 1.85. The van der Waals surface area contributed by atoms with Gasteiger partial charge in [0.2, 0.25) is 0 Å². The number of benzene rings is 3. The molecule has 3 aromatic carbocycles. The quantitative estimate of drug-likeness (QED) is 0.500. The van der Waals surface area contributed by atoms with Crippen LogP contribution >= 0.6 is 0 Å². The zero-order valence-electron chi connectivity index (χ0n) is 13.1. The lowest BCUT2D eigenvalue weighted by atomic mass is 10.0. The topological polar surface area (TPSA) is 35.0 Å². The summed E-state index contributed by atoms with van der Waals surface area (Å²) in [6, 6.07) is 20.4. The smallest absolute Gasteiger partial charge is 0.118 e. The third-order valence-electron chi connectivity index (χ3n) is 4.01. The molecule has 0 spiro atoms. The predicted octanol–water partition coefficient (Wildman–Crippen LogP) is 4.77. The van der Waals surface area contributed by atoms with Crippen molar-refractivity contribution >= 4 is 22.1 Å². The van der Waals surface area contributed by atoms with Gasteiger partial charge in [-0.25, -0.2) is 9.97 Å². The molecule has 4 aromatic rings. The average Bonchev–Trinajstić information content (AvgIpc) is 2.59. The van der Waals surface area contributed by atoms with Crippen molar-refractivity contribution in [1.29, 1.82) is 0 Å². The molecule has 0 saturated carbocycles. The minimum absolute atomic E-state index is 0.857. The van der Waals surface area contributed by atoms with Crippen molar-refractivity contribution in [3.05, 3.63) is 66.2 Å². The van der Waals surface area contributed by atoms with Crippen LogP contribution in [0.5, 0.6) is 5.75 Å². The van der Waals surface area contributed by atoms with Crippen LogP contribution in [-0.4, -0.2) is 17.1 Å². The maximum Gasteiger partial charge on any atom is 0.118 e. The number of fused-ring (bicyclic) bond motifs is 2. The Morgan fingerprint density at radius 3 is 1.96 bits per heavy atom. The highest BCUT2D eigenvalue weighted by atomic mass is 16.5. The highest BCUT2D eigenvalue weighted by molar-refractivity contribution is 5.89. The molecule has 112 valence electrons. The van der Waals surface area contributed by atoms with Gasteiger partial charge in [-0.2, -0.15) is 0 Å². The molecule has 3 heteroatoms. The summed E-state index contributed by atoms with van der Waals surface area (Å²) in [5, 5.41) is 0. The van der Waals surface area contributed by atoms with Crippen molar-refractivity contribution in [3.63, 3.8) is 0 Å². The summed E-state index contributed by atoms with van der Waals surface area (Å²) in [6.45, 7) is 2.07. The normalized spacial score (nSPS) is 11.0. The van der Waals surface area contributed by atoms with Crippen LogP contribution in [0.25, 0.3) is 33.2 Å². The van der Waals surface area contributed by atoms with E-state index in [1.165, 1.54) is 5.56 Å². The Bertz CT molecular complexity index is 1010. The second-order valence-electron chi connectivity index (χ2n) is 5.65.